The lowest BCUT2D eigenvalue weighted by Crippen LogP contribution is -2.40. The van der Waals surface area contributed by atoms with E-state index in [1.807, 2.05) is 29.2 Å². The van der Waals surface area contributed by atoms with Gasteiger partial charge >= 0.3 is 0 Å². The SMILES string of the molecule is NOCC1CCN(C(=O)Cc2ccc(Br)cc2)CC1. The Bertz CT molecular complexity index is 414. The molecule has 1 aliphatic rings. The van der Waals surface area contributed by atoms with Crippen LogP contribution in [0.15, 0.2) is 28.7 Å². The largest absolute Gasteiger partial charge is 0.342 e. The summed E-state index contributed by atoms with van der Waals surface area (Å²) < 4.78 is 1.03. The van der Waals surface area contributed by atoms with E-state index in [9.17, 15) is 4.79 Å². The second-order valence-corrected chi connectivity index (χ2v) is 5.88. The van der Waals surface area contributed by atoms with Crippen LogP contribution >= 0.6 is 15.9 Å². The predicted octanol–water partition coefficient (Wildman–Crippen LogP) is 2.12. The van der Waals surface area contributed by atoms with Crippen LogP contribution in [0.2, 0.25) is 0 Å². The Hall–Kier alpha value is -0.910. The summed E-state index contributed by atoms with van der Waals surface area (Å²) in [5.41, 5.74) is 1.06. The van der Waals surface area contributed by atoms with Crippen LogP contribution in [0.4, 0.5) is 0 Å². The highest BCUT2D eigenvalue weighted by molar-refractivity contribution is 9.10. The highest BCUT2D eigenvalue weighted by atomic mass is 79.9. The van der Waals surface area contributed by atoms with Crippen molar-refractivity contribution >= 4 is 21.8 Å². The molecule has 1 aromatic carbocycles. The van der Waals surface area contributed by atoms with E-state index in [-0.39, 0.29) is 5.91 Å². The van der Waals surface area contributed by atoms with Crippen LogP contribution in [0.25, 0.3) is 0 Å². The fourth-order valence-electron chi connectivity index (χ4n) is 2.37. The van der Waals surface area contributed by atoms with Gasteiger partial charge in [-0.2, -0.15) is 0 Å². The molecular weight excluding hydrogens is 308 g/mol. The van der Waals surface area contributed by atoms with Crippen LogP contribution in [0.5, 0.6) is 0 Å². The number of hydrogen-bond donors (Lipinski definition) is 1. The van der Waals surface area contributed by atoms with Gasteiger partial charge in [-0.3, -0.25) is 4.79 Å². The van der Waals surface area contributed by atoms with Crippen molar-refractivity contribution < 1.29 is 9.63 Å². The van der Waals surface area contributed by atoms with Crippen molar-refractivity contribution in [3.8, 4) is 0 Å². The molecule has 0 atom stereocenters. The molecular formula is C14H19BrN2O2. The molecule has 0 saturated carbocycles. The third-order valence-electron chi connectivity index (χ3n) is 3.57. The minimum Gasteiger partial charge on any atom is -0.342 e. The number of likely N-dealkylation sites (tertiary alicyclic amines) is 1. The number of nitrogens with zero attached hydrogens (tertiary/aromatic N) is 1. The normalized spacial score (nSPS) is 16.6. The number of carbonyl (C=O) groups excluding carboxylic acids is 1. The van der Waals surface area contributed by atoms with Crippen molar-refractivity contribution in [2.24, 2.45) is 11.8 Å². The smallest absolute Gasteiger partial charge is 0.226 e. The summed E-state index contributed by atoms with van der Waals surface area (Å²) in [6, 6.07) is 7.90. The molecule has 1 aromatic rings. The van der Waals surface area contributed by atoms with Gasteiger partial charge < -0.3 is 9.74 Å². The molecule has 1 aliphatic heterocycles. The minimum atomic E-state index is 0.203. The molecule has 0 spiro atoms. The standard InChI is InChI=1S/C14H19BrN2O2/c15-13-3-1-11(2-4-13)9-14(18)17-7-5-12(6-8-17)10-19-16/h1-4,12H,5-10,16H2. The van der Waals surface area contributed by atoms with Crippen LogP contribution < -0.4 is 5.90 Å². The maximum absolute atomic E-state index is 12.2. The molecule has 0 unspecified atom stereocenters. The Morgan fingerprint density at radius 2 is 1.95 bits per heavy atom. The van der Waals surface area contributed by atoms with Crippen molar-refractivity contribution in [1.82, 2.24) is 4.90 Å². The van der Waals surface area contributed by atoms with Gasteiger partial charge in [0, 0.05) is 17.6 Å². The van der Waals surface area contributed by atoms with Crippen molar-refractivity contribution in [1.29, 1.82) is 0 Å². The number of halogens is 1. The molecule has 0 aromatic heterocycles. The fourth-order valence-corrected chi connectivity index (χ4v) is 2.64. The molecule has 2 N–H and O–H groups in total. The van der Waals surface area contributed by atoms with Gasteiger partial charge in [0.2, 0.25) is 5.91 Å². The summed E-state index contributed by atoms with van der Waals surface area (Å²) in [5.74, 6) is 5.77. The molecule has 104 valence electrons. The quantitative estimate of drug-likeness (QED) is 0.862. The Balaban J connectivity index is 1.83. The monoisotopic (exact) mass is 326 g/mol. The maximum Gasteiger partial charge on any atom is 0.226 e. The summed E-state index contributed by atoms with van der Waals surface area (Å²) in [4.78, 5) is 18.8. The third-order valence-corrected chi connectivity index (χ3v) is 4.10. The van der Waals surface area contributed by atoms with Gasteiger partial charge in [0.05, 0.1) is 13.0 Å². The summed E-state index contributed by atoms with van der Waals surface area (Å²) in [7, 11) is 0. The number of benzene rings is 1. The first-order valence-electron chi connectivity index (χ1n) is 6.53. The predicted molar refractivity (Wildman–Crippen MR) is 77.3 cm³/mol. The van der Waals surface area contributed by atoms with Crippen LogP contribution in [0.1, 0.15) is 18.4 Å². The van der Waals surface area contributed by atoms with Gasteiger partial charge in [-0.25, -0.2) is 5.90 Å². The van der Waals surface area contributed by atoms with E-state index in [4.69, 9.17) is 5.90 Å². The average Bonchev–Trinajstić information content (AvgIpc) is 2.42. The molecule has 0 aliphatic carbocycles. The zero-order valence-electron chi connectivity index (χ0n) is 10.8. The highest BCUT2D eigenvalue weighted by Gasteiger charge is 2.22. The summed E-state index contributed by atoms with van der Waals surface area (Å²) in [5, 5.41) is 0. The van der Waals surface area contributed by atoms with Crippen molar-refractivity contribution in [3.05, 3.63) is 34.3 Å². The van der Waals surface area contributed by atoms with Crippen molar-refractivity contribution in [3.63, 3.8) is 0 Å². The third kappa shape index (κ3) is 4.30. The van der Waals surface area contributed by atoms with Crippen LogP contribution in [0, 0.1) is 5.92 Å². The Morgan fingerprint density at radius 3 is 2.53 bits per heavy atom. The van der Waals surface area contributed by atoms with E-state index < -0.39 is 0 Å². The van der Waals surface area contributed by atoms with E-state index >= 15 is 0 Å². The maximum atomic E-state index is 12.2. The molecule has 1 fully saturated rings. The minimum absolute atomic E-state index is 0.203. The van der Waals surface area contributed by atoms with Crippen molar-refractivity contribution in [2.45, 2.75) is 19.3 Å². The van der Waals surface area contributed by atoms with Crippen LogP contribution in [-0.2, 0) is 16.1 Å². The first kappa shape index (κ1) is 14.5. The van der Waals surface area contributed by atoms with E-state index in [1.165, 1.54) is 0 Å². The number of carbonyl (C=O) groups is 1. The van der Waals surface area contributed by atoms with E-state index in [0.717, 1.165) is 36.0 Å². The molecule has 1 amide bonds. The van der Waals surface area contributed by atoms with Gasteiger partial charge in [-0.15, -0.1) is 0 Å². The molecule has 4 nitrogen and oxygen atoms in total. The lowest BCUT2D eigenvalue weighted by atomic mass is 9.97. The summed E-state index contributed by atoms with van der Waals surface area (Å²) in [6.07, 6.45) is 2.43. The zero-order chi connectivity index (χ0) is 13.7. The lowest BCUT2D eigenvalue weighted by Gasteiger charge is -2.31. The molecule has 19 heavy (non-hydrogen) atoms. The molecule has 2 rings (SSSR count). The second kappa shape index (κ2) is 7.03. The molecule has 1 heterocycles. The topological polar surface area (TPSA) is 55.6 Å². The van der Waals surface area contributed by atoms with Gasteiger partial charge in [0.25, 0.3) is 0 Å². The molecule has 0 bridgehead atoms. The van der Waals surface area contributed by atoms with Crippen LogP contribution in [-0.4, -0.2) is 30.5 Å². The highest BCUT2D eigenvalue weighted by Crippen LogP contribution is 2.18. The van der Waals surface area contributed by atoms with Crippen molar-refractivity contribution in [2.75, 3.05) is 19.7 Å². The Labute approximate surface area is 122 Å². The molecule has 0 radical (unpaired) electrons. The number of nitrogens with two attached hydrogens (primary N) is 1. The van der Waals surface area contributed by atoms with Gasteiger partial charge in [-0.1, -0.05) is 28.1 Å². The zero-order valence-corrected chi connectivity index (χ0v) is 12.4. The Kier molecular flexibility index (Phi) is 5.36. The number of rotatable bonds is 4. The first-order valence-corrected chi connectivity index (χ1v) is 7.32. The van der Waals surface area contributed by atoms with Gasteiger partial charge in [0.1, 0.15) is 0 Å². The second-order valence-electron chi connectivity index (χ2n) is 4.96. The van der Waals surface area contributed by atoms with Gasteiger partial charge in [0.15, 0.2) is 0 Å². The van der Waals surface area contributed by atoms with Gasteiger partial charge in [-0.05, 0) is 36.5 Å². The van der Waals surface area contributed by atoms with Crippen LogP contribution in [0.3, 0.4) is 0 Å². The van der Waals surface area contributed by atoms with E-state index in [1.54, 1.807) is 0 Å². The first-order chi connectivity index (χ1) is 9.19. The average molecular weight is 327 g/mol. The molecule has 5 heteroatoms. The number of hydrogen-bond acceptors (Lipinski definition) is 3. The lowest BCUT2D eigenvalue weighted by molar-refractivity contribution is -0.132. The summed E-state index contributed by atoms with van der Waals surface area (Å²) >= 11 is 3.39. The Morgan fingerprint density at radius 1 is 1.32 bits per heavy atom. The van der Waals surface area contributed by atoms with E-state index in [0.29, 0.717) is 18.9 Å². The summed E-state index contributed by atoms with van der Waals surface area (Å²) in [6.45, 7) is 2.21. The number of amides is 1. The van der Waals surface area contributed by atoms with E-state index in [2.05, 4.69) is 20.8 Å². The fraction of sp³-hybridized carbons (Fsp3) is 0.500. The molecule has 1 saturated heterocycles. The number of piperidine rings is 1.